The number of methoxy groups -OCH3 is 1. The number of para-hydroxylation sites is 1. The van der Waals surface area contributed by atoms with E-state index in [0.717, 1.165) is 16.7 Å². The van der Waals surface area contributed by atoms with Crippen LogP contribution in [-0.2, 0) is 32.6 Å². The quantitative estimate of drug-likeness (QED) is 0.269. The van der Waals surface area contributed by atoms with Gasteiger partial charge in [-0.3, -0.25) is 13.9 Å². The van der Waals surface area contributed by atoms with Crippen molar-refractivity contribution in [1.82, 2.24) is 10.2 Å². The van der Waals surface area contributed by atoms with Gasteiger partial charge >= 0.3 is 0 Å². The minimum atomic E-state index is -3.57. The molecular weight excluding hydrogens is 550 g/mol. The van der Waals surface area contributed by atoms with Gasteiger partial charge in [0.15, 0.2) is 0 Å². The molecule has 8 nitrogen and oxygen atoms in total. The van der Waals surface area contributed by atoms with Crippen LogP contribution < -0.4 is 14.4 Å². The Morgan fingerprint density at radius 2 is 1.60 bits per heavy atom. The molecule has 0 aromatic heterocycles. The van der Waals surface area contributed by atoms with E-state index >= 15 is 0 Å². The van der Waals surface area contributed by atoms with Crippen LogP contribution in [0, 0.1) is 12.8 Å². The molecule has 9 heteroatoms. The highest BCUT2D eigenvalue weighted by Gasteiger charge is 2.30. The molecule has 0 aliphatic rings. The largest absolute Gasteiger partial charge is 0.497 e. The van der Waals surface area contributed by atoms with E-state index in [9.17, 15) is 18.0 Å². The summed E-state index contributed by atoms with van der Waals surface area (Å²) in [7, 11) is -1.99. The Morgan fingerprint density at radius 1 is 0.929 bits per heavy atom. The number of hydrogen-bond donors (Lipinski definition) is 1. The number of ether oxygens (including phenoxy) is 1. The van der Waals surface area contributed by atoms with E-state index in [1.807, 2.05) is 87.5 Å². The van der Waals surface area contributed by atoms with Crippen LogP contribution in [0.1, 0.15) is 43.4 Å². The van der Waals surface area contributed by atoms with Crippen LogP contribution in [0.4, 0.5) is 5.69 Å². The molecule has 1 unspecified atom stereocenters. The number of sulfonamides is 1. The summed E-state index contributed by atoms with van der Waals surface area (Å²) in [6.45, 7) is 6.74. The topological polar surface area (TPSA) is 96.0 Å². The van der Waals surface area contributed by atoms with Gasteiger partial charge in [-0.1, -0.05) is 74.5 Å². The van der Waals surface area contributed by atoms with Crippen molar-refractivity contribution < 1.29 is 22.7 Å². The highest BCUT2D eigenvalue weighted by Crippen LogP contribution is 2.24. The summed E-state index contributed by atoms with van der Waals surface area (Å²) >= 11 is 0. The van der Waals surface area contributed by atoms with Crippen LogP contribution in [0.25, 0.3) is 0 Å². The molecule has 0 radical (unpaired) electrons. The van der Waals surface area contributed by atoms with E-state index in [0.29, 0.717) is 30.8 Å². The van der Waals surface area contributed by atoms with Crippen molar-refractivity contribution in [2.24, 2.45) is 5.92 Å². The van der Waals surface area contributed by atoms with Crippen molar-refractivity contribution in [3.63, 3.8) is 0 Å². The van der Waals surface area contributed by atoms with Gasteiger partial charge in [-0.15, -0.1) is 0 Å². The molecule has 0 aliphatic carbocycles. The van der Waals surface area contributed by atoms with Crippen LogP contribution in [0.5, 0.6) is 5.75 Å². The van der Waals surface area contributed by atoms with Gasteiger partial charge in [0.05, 0.1) is 19.1 Å². The van der Waals surface area contributed by atoms with Crippen molar-refractivity contribution in [3.05, 3.63) is 95.6 Å². The van der Waals surface area contributed by atoms with E-state index in [4.69, 9.17) is 4.74 Å². The maximum atomic E-state index is 14.0. The van der Waals surface area contributed by atoms with Crippen molar-refractivity contribution in [2.45, 2.75) is 52.6 Å². The first-order chi connectivity index (χ1) is 20.0. The normalized spacial score (nSPS) is 12.0. The average Bonchev–Trinajstić information content (AvgIpc) is 2.96. The second-order valence-electron chi connectivity index (χ2n) is 10.9. The van der Waals surface area contributed by atoms with Crippen LogP contribution >= 0.6 is 0 Å². The minimum Gasteiger partial charge on any atom is -0.497 e. The lowest BCUT2D eigenvalue weighted by molar-refractivity contribution is -0.141. The number of benzene rings is 3. The first-order valence-corrected chi connectivity index (χ1v) is 16.1. The summed E-state index contributed by atoms with van der Waals surface area (Å²) in [5.74, 6) is 0.459. The maximum Gasteiger partial charge on any atom is 0.243 e. The van der Waals surface area contributed by atoms with Gasteiger partial charge in [-0.05, 0) is 54.2 Å². The van der Waals surface area contributed by atoms with Gasteiger partial charge < -0.3 is 15.0 Å². The SMILES string of the molecule is COc1cccc(CN(C(=O)CCCN(c2ccccc2C)S(C)(=O)=O)C(Cc2ccccc2)C(=O)NCC(C)C)c1. The molecule has 226 valence electrons. The molecule has 0 saturated heterocycles. The Morgan fingerprint density at radius 3 is 2.24 bits per heavy atom. The predicted octanol–water partition coefficient (Wildman–Crippen LogP) is 4.96. The molecule has 0 saturated carbocycles. The van der Waals surface area contributed by atoms with E-state index in [1.165, 1.54) is 10.6 Å². The van der Waals surface area contributed by atoms with Gasteiger partial charge in [-0.2, -0.15) is 0 Å². The lowest BCUT2D eigenvalue weighted by atomic mass is 10.0. The van der Waals surface area contributed by atoms with E-state index in [2.05, 4.69) is 5.32 Å². The molecule has 0 bridgehead atoms. The third kappa shape index (κ3) is 9.62. The Bertz CT molecular complexity index is 1430. The van der Waals surface area contributed by atoms with Crippen LogP contribution in [-0.4, -0.2) is 57.6 Å². The molecule has 2 amide bonds. The summed E-state index contributed by atoms with van der Waals surface area (Å²) in [4.78, 5) is 29.2. The summed E-state index contributed by atoms with van der Waals surface area (Å²) in [5, 5.41) is 3.02. The molecule has 0 heterocycles. The zero-order chi connectivity index (χ0) is 30.7. The number of carbonyl (C=O) groups is 2. The van der Waals surface area contributed by atoms with Gasteiger partial charge in [0, 0.05) is 32.5 Å². The third-order valence-electron chi connectivity index (χ3n) is 6.98. The maximum absolute atomic E-state index is 14.0. The fourth-order valence-corrected chi connectivity index (χ4v) is 5.79. The number of hydrogen-bond acceptors (Lipinski definition) is 5. The molecule has 3 rings (SSSR count). The Kier molecular flexibility index (Phi) is 12.0. The van der Waals surface area contributed by atoms with E-state index in [-0.39, 0.29) is 37.2 Å². The zero-order valence-corrected chi connectivity index (χ0v) is 26.1. The molecule has 42 heavy (non-hydrogen) atoms. The van der Waals surface area contributed by atoms with Crippen molar-refractivity contribution >= 4 is 27.5 Å². The molecular formula is C33H43N3O5S. The lowest BCUT2D eigenvalue weighted by Gasteiger charge is -2.32. The first-order valence-electron chi connectivity index (χ1n) is 14.3. The summed E-state index contributed by atoms with van der Waals surface area (Å²) in [6, 6.07) is 23.6. The minimum absolute atomic E-state index is 0.0740. The smallest absolute Gasteiger partial charge is 0.243 e. The number of carbonyl (C=O) groups excluding carboxylic acids is 2. The molecule has 1 atom stereocenters. The van der Waals surface area contributed by atoms with E-state index in [1.54, 1.807) is 24.1 Å². The Labute approximate surface area is 250 Å². The molecule has 3 aromatic carbocycles. The van der Waals surface area contributed by atoms with Gasteiger partial charge in [-0.25, -0.2) is 8.42 Å². The van der Waals surface area contributed by atoms with E-state index < -0.39 is 16.1 Å². The van der Waals surface area contributed by atoms with Crippen LogP contribution in [0.3, 0.4) is 0 Å². The molecule has 0 aliphatic heterocycles. The summed E-state index contributed by atoms with van der Waals surface area (Å²) in [6.07, 6.45) is 1.88. The number of nitrogens with one attached hydrogen (secondary N) is 1. The monoisotopic (exact) mass is 593 g/mol. The number of nitrogens with zero attached hydrogens (tertiary/aromatic N) is 2. The second-order valence-corrected chi connectivity index (χ2v) is 12.8. The molecule has 1 N–H and O–H groups in total. The number of amides is 2. The molecule has 0 fully saturated rings. The molecule has 0 spiro atoms. The van der Waals surface area contributed by atoms with Crippen LogP contribution in [0.2, 0.25) is 0 Å². The Hall–Kier alpha value is -3.85. The number of anilines is 1. The summed E-state index contributed by atoms with van der Waals surface area (Å²) in [5.41, 5.74) is 3.19. The van der Waals surface area contributed by atoms with Crippen molar-refractivity contribution in [1.29, 1.82) is 0 Å². The number of rotatable bonds is 15. The molecule has 3 aromatic rings. The van der Waals surface area contributed by atoms with Crippen molar-refractivity contribution in [3.8, 4) is 5.75 Å². The fourth-order valence-electron chi connectivity index (χ4n) is 4.77. The fraction of sp³-hybridized carbons (Fsp3) is 0.394. The van der Waals surface area contributed by atoms with Gasteiger partial charge in [0.1, 0.15) is 11.8 Å². The third-order valence-corrected chi connectivity index (χ3v) is 8.16. The number of aryl methyl sites for hydroxylation is 1. The first kappa shape index (κ1) is 32.7. The van der Waals surface area contributed by atoms with Crippen molar-refractivity contribution in [2.75, 3.05) is 30.8 Å². The average molecular weight is 594 g/mol. The van der Waals surface area contributed by atoms with Crippen LogP contribution in [0.15, 0.2) is 78.9 Å². The Balaban J connectivity index is 1.90. The summed E-state index contributed by atoms with van der Waals surface area (Å²) < 4.78 is 32.1. The highest BCUT2D eigenvalue weighted by atomic mass is 32.2. The second kappa shape index (κ2) is 15.4. The van der Waals surface area contributed by atoms with Gasteiger partial charge in [0.25, 0.3) is 0 Å². The lowest BCUT2D eigenvalue weighted by Crippen LogP contribution is -2.51. The predicted molar refractivity (Wildman–Crippen MR) is 168 cm³/mol. The zero-order valence-electron chi connectivity index (χ0n) is 25.2. The highest BCUT2D eigenvalue weighted by molar-refractivity contribution is 7.92. The van der Waals surface area contributed by atoms with Gasteiger partial charge in [0.2, 0.25) is 21.8 Å². The standard InChI is InChI=1S/C33H43N3O5S/c1-25(2)23-34-33(38)31(22-27-14-7-6-8-15-27)35(24-28-16-11-17-29(21-28)41-4)32(37)19-12-20-36(42(5,39)40)30-18-10-9-13-26(30)3/h6-11,13-18,21,25,31H,12,19-20,22-24H2,1-5H3,(H,34,38).